The van der Waals surface area contributed by atoms with Gasteiger partial charge >= 0.3 is 0 Å². The van der Waals surface area contributed by atoms with E-state index in [1.165, 1.54) is 6.21 Å². The van der Waals surface area contributed by atoms with Crippen LogP contribution in [0.25, 0.3) is 0 Å². The molecule has 1 aromatic rings. The highest BCUT2D eigenvalue weighted by atomic mass is 79.9. The quantitative estimate of drug-likeness (QED) is 0.478. The van der Waals surface area contributed by atoms with Gasteiger partial charge < -0.3 is 5.21 Å². The lowest BCUT2D eigenvalue weighted by molar-refractivity contribution is 0.322. The topological polar surface area (TPSA) is 32.6 Å². The Morgan fingerprint density at radius 2 is 1.82 bits per heavy atom. The molecule has 0 spiro atoms. The highest BCUT2D eigenvalue weighted by Gasteiger charge is 2.00. The van der Waals surface area contributed by atoms with Crippen molar-refractivity contribution in [3.8, 4) is 0 Å². The number of benzene rings is 1. The molecule has 0 aromatic heterocycles. The van der Waals surface area contributed by atoms with Gasteiger partial charge in [-0.3, -0.25) is 0 Å². The molecule has 4 heteroatoms. The summed E-state index contributed by atoms with van der Waals surface area (Å²) in [5.41, 5.74) is 0.829. The van der Waals surface area contributed by atoms with Crippen molar-refractivity contribution in [1.29, 1.82) is 0 Å². The maximum absolute atomic E-state index is 8.30. The number of hydrogen-bond donors (Lipinski definition) is 1. The van der Waals surface area contributed by atoms with Crippen LogP contribution in [0.15, 0.2) is 32.3 Å². The third-order valence-corrected chi connectivity index (χ3v) is 2.57. The van der Waals surface area contributed by atoms with Crippen molar-refractivity contribution in [3.63, 3.8) is 0 Å². The van der Waals surface area contributed by atoms with Gasteiger partial charge in [-0.25, -0.2) is 0 Å². The highest BCUT2D eigenvalue weighted by molar-refractivity contribution is 9.11. The smallest absolute Gasteiger partial charge is 0.0756 e. The molecule has 2 nitrogen and oxygen atoms in total. The van der Waals surface area contributed by atoms with Crippen LogP contribution in [-0.2, 0) is 0 Å². The summed E-state index contributed by atoms with van der Waals surface area (Å²) in [6.07, 6.45) is 1.37. The summed E-state index contributed by atoms with van der Waals surface area (Å²) < 4.78 is 1.79. The molecule has 0 fully saturated rings. The fourth-order valence-electron chi connectivity index (χ4n) is 0.692. The number of rotatable bonds is 1. The van der Waals surface area contributed by atoms with E-state index < -0.39 is 0 Å². The Hall–Kier alpha value is -0.350. The van der Waals surface area contributed by atoms with E-state index in [2.05, 4.69) is 37.0 Å². The molecule has 0 atom stereocenters. The first-order valence-electron chi connectivity index (χ1n) is 2.87. The molecule has 0 aliphatic rings. The van der Waals surface area contributed by atoms with Gasteiger partial charge in [-0.1, -0.05) is 43.1 Å². The Labute approximate surface area is 81.2 Å². The largest absolute Gasteiger partial charge is 0.411 e. The lowest BCUT2D eigenvalue weighted by Crippen LogP contribution is -1.84. The van der Waals surface area contributed by atoms with Crippen molar-refractivity contribution in [2.75, 3.05) is 0 Å². The molecule has 0 heterocycles. The maximum atomic E-state index is 8.30. The predicted octanol–water partition coefficient (Wildman–Crippen LogP) is 3.02. The minimum absolute atomic E-state index is 0.829. The van der Waals surface area contributed by atoms with Crippen LogP contribution in [0.3, 0.4) is 0 Å². The minimum atomic E-state index is 0.829. The second-order valence-electron chi connectivity index (χ2n) is 1.88. The monoisotopic (exact) mass is 277 g/mol. The van der Waals surface area contributed by atoms with Crippen LogP contribution >= 0.6 is 31.9 Å². The maximum Gasteiger partial charge on any atom is 0.0756 e. The van der Waals surface area contributed by atoms with Crippen molar-refractivity contribution in [1.82, 2.24) is 0 Å². The average Bonchev–Trinajstić information content (AvgIpc) is 1.97. The van der Waals surface area contributed by atoms with Crippen LogP contribution in [0.5, 0.6) is 0 Å². The number of hydrogen-bond acceptors (Lipinski definition) is 2. The van der Waals surface area contributed by atoms with Crippen molar-refractivity contribution in [2.45, 2.75) is 0 Å². The van der Waals surface area contributed by atoms with E-state index in [9.17, 15) is 0 Å². The van der Waals surface area contributed by atoms with Crippen molar-refractivity contribution < 1.29 is 5.21 Å². The molecule has 11 heavy (non-hydrogen) atoms. The van der Waals surface area contributed by atoms with Gasteiger partial charge in [-0.05, 0) is 12.1 Å². The molecular weight excluding hydrogens is 274 g/mol. The van der Waals surface area contributed by atoms with Crippen molar-refractivity contribution in [3.05, 3.63) is 32.7 Å². The normalized spacial score (nSPS) is 10.7. The highest BCUT2D eigenvalue weighted by Crippen LogP contribution is 2.22. The van der Waals surface area contributed by atoms with E-state index in [1.54, 1.807) is 0 Å². The van der Waals surface area contributed by atoms with Crippen LogP contribution in [0.4, 0.5) is 0 Å². The van der Waals surface area contributed by atoms with Crippen LogP contribution < -0.4 is 0 Å². The lowest BCUT2D eigenvalue weighted by Gasteiger charge is -1.98. The molecule has 1 N–H and O–H groups in total. The van der Waals surface area contributed by atoms with Crippen LogP contribution in [-0.4, -0.2) is 11.4 Å². The summed E-state index contributed by atoms with van der Waals surface area (Å²) in [5.74, 6) is 0. The molecule has 0 aliphatic heterocycles. The first kappa shape index (κ1) is 8.74. The summed E-state index contributed by atoms with van der Waals surface area (Å²) in [7, 11) is 0. The molecule has 0 saturated heterocycles. The summed E-state index contributed by atoms with van der Waals surface area (Å²) in [4.78, 5) is 0. The summed E-state index contributed by atoms with van der Waals surface area (Å²) in [6, 6.07) is 5.65. The summed E-state index contributed by atoms with van der Waals surface area (Å²) in [5, 5.41) is 11.2. The van der Waals surface area contributed by atoms with E-state index in [0.717, 1.165) is 14.5 Å². The fraction of sp³-hybridized carbons (Fsp3) is 0. The first-order valence-corrected chi connectivity index (χ1v) is 4.45. The molecule has 1 aromatic carbocycles. The van der Waals surface area contributed by atoms with Gasteiger partial charge in [0.05, 0.1) is 6.21 Å². The predicted molar refractivity (Wildman–Crippen MR) is 51.2 cm³/mol. The van der Waals surface area contributed by atoms with Crippen molar-refractivity contribution in [2.24, 2.45) is 5.16 Å². The SMILES string of the molecule is ON=Cc1c(Br)cccc1Br. The minimum Gasteiger partial charge on any atom is -0.411 e. The van der Waals surface area contributed by atoms with Crippen LogP contribution in [0, 0.1) is 0 Å². The lowest BCUT2D eigenvalue weighted by atomic mass is 10.2. The van der Waals surface area contributed by atoms with Crippen molar-refractivity contribution >= 4 is 38.1 Å². The van der Waals surface area contributed by atoms with Gasteiger partial charge in [0, 0.05) is 14.5 Å². The van der Waals surface area contributed by atoms with Gasteiger partial charge in [0.1, 0.15) is 0 Å². The van der Waals surface area contributed by atoms with E-state index in [0.29, 0.717) is 0 Å². The zero-order valence-electron chi connectivity index (χ0n) is 5.46. The first-order chi connectivity index (χ1) is 5.25. The second kappa shape index (κ2) is 3.88. The van der Waals surface area contributed by atoms with Gasteiger partial charge in [-0.15, -0.1) is 0 Å². The van der Waals surface area contributed by atoms with Gasteiger partial charge in [0.2, 0.25) is 0 Å². The third kappa shape index (κ3) is 2.04. The molecule has 0 aliphatic carbocycles. The average molecular weight is 279 g/mol. The molecule has 0 bridgehead atoms. The van der Waals surface area contributed by atoms with Crippen LogP contribution in [0.2, 0.25) is 0 Å². The molecule has 0 unspecified atom stereocenters. The number of nitrogens with zero attached hydrogens (tertiary/aromatic N) is 1. The number of oxime groups is 1. The molecule has 58 valence electrons. The molecule has 0 saturated carbocycles. The Balaban J connectivity index is 3.20. The van der Waals surface area contributed by atoms with Gasteiger partial charge in [0.25, 0.3) is 0 Å². The molecule has 1 rings (SSSR count). The Morgan fingerprint density at radius 3 is 2.27 bits per heavy atom. The second-order valence-corrected chi connectivity index (χ2v) is 3.59. The van der Waals surface area contributed by atoms with E-state index in [1.807, 2.05) is 18.2 Å². The Morgan fingerprint density at radius 1 is 1.27 bits per heavy atom. The third-order valence-electron chi connectivity index (χ3n) is 1.19. The van der Waals surface area contributed by atoms with E-state index in [-0.39, 0.29) is 0 Å². The fourth-order valence-corrected chi connectivity index (χ4v) is 1.89. The molecule has 0 amide bonds. The summed E-state index contributed by atoms with van der Waals surface area (Å²) >= 11 is 6.63. The van der Waals surface area contributed by atoms with E-state index >= 15 is 0 Å². The molecular formula is C7H5Br2NO. The Kier molecular flexibility index (Phi) is 3.08. The zero-order valence-corrected chi connectivity index (χ0v) is 8.63. The standard InChI is InChI=1S/C7H5Br2NO/c8-6-2-1-3-7(9)5(6)4-10-11/h1-4,11H. The van der Waals surface area contributed by atoms with E-state index in [4.69, 9.17) is 5.21 Å². The number of halogens is 2. The zero-order chi connectivity index (χ0) is 8.27. The summed E-state index contributed by atoms with van der Waals surface area (Å²) in [6.45, 7) is 0. The van der Waals surface area contributed by atoms with Crippen LogP contribution in [0.1, 0.15) is 5.56 Å². The van der Waals surface area contributed by atoms with Gasteiger partial charge in [-0.2, -0.15) is 0 Å². The Bertz CT molecular complexity index is 266. The molecule has 0 radical (unpaired) electrons. The van der Waals surface area contributed by atoms with Gasteiger partial charge in [0.15, 0.2) is 0 Å².